The molecule has 1 saturated heterocycles. The molecule has 5 nitrogen and oxygen atoms in total. The molecule has 1 aliphatic rings. The number of anilines is 1. The second-order valence-electron chi connectivity index (χ2n) is 5.00. The van der Waals surface area contributed by atoms with E-state index in [9.17, 15) is 14.4 Å². The number of hydrogen-bond donors (Lipinski definition) is 1. The molecule has 0 spiro atoms. The van der Waals surface area contributed by atoms with E-state index in [0.717, 1.165) is 0 Å². The number of nitrogens with one attached hydrogen (secondary N) is 1. The monoisotopic (exact) mass is 302 g/mol. The molecule has 108 valence electrons. The van der Waals surface area contributed by atoms with Crippen molar-refractivity contribution in [2.24, 2.45) is 0 Å². The van der Waals surface area contributed by atoms with Crippen molar-refractivity contribution in [2.75, 3.05) is 11.4 Å². The molecule has 0 radical (unpaired) electrons. The van der Waals surface area contributed by atoms with Crippen LogP contribution in [0.1, 0.15) is 13.3 Å². The standard InChI is InChI=1S/C15H14N2O3S/c1-9(18)21-10-6-15(20)17(8-10)14-7-13(19)11-4-2-3-5-12(11)16-14/h2-5,7,10H,6,8H2,1H3,(H,16,19). The fourth-order valence-electron chi connectivity index (χ4n) is 2.55. The Bertz CT molecular complexity index is 784. The minimum absolute atomic E-state index is 0.00153. The number of aromatic amines is 1. The summed E-state index contributed by atoms with van der Waals surface area (Å²) in [5, 5.41) is 0.550. The van der Waals surface area contributed by atoms with Crippen LogP contribution in [-0.2, 0) is 9.59 Å². The van der Waals surface area contributed by atoms with Gasteiger partial charge in [-0.25, -0.2) is 0 Å². The first-order chi connectivity index (χ1) is 10.0. The maximum absolute atomic E-state index is 12.1. The molecule has 1 N–H and O–H groups in total. The van der Waals surface area contributed by atoms with E-state index in [2.05, 4.69) is 4.98 Å². The van der Waals surface area contributed by atoms with Gasteiger partial charge in [0.05, 0.1) is 5.52 Å². The third kappa shape index (κ3) is 2.71. The lowest BCUT2D eigenvalue weighted by Gasteiger charge is -2.16. The first kappa shape index (κ1) is 13.9. The number of rotatable bonds is 2. The number of fused-ring (bicyclic) bond motifs is 1. The zero-order valence-corrected chi connectivity index (χ0v) is 12.3. The second kappa shape index (κ2) is 5.37. The lowest BCUT2D eigenvalue weighted by molar-refractivity contribution is -0.117. The fourth-order valence-corrected chi connectivity index (χ4v) is 3.47. The molecule has 1 atom stereocenters. The third-order valence-corrected chi connectivity index (χ3v) is 4.42. The van der Waals surface area contributed by atoms with E-state index < -0.39 is 0 Å². The summed E-state index contributed by atoms with van der Waals surface area (Å²) in [7, 11) is 0. The van der Waals surface area contributed by atoms with Crippen molar-refractivity contribution in [3.63, 3.8) is 0 Å². The summed E-state index contributed by atoms with van der Waals surface area (Å²) in [5.74, 6) is 0.426. The average Bonchev–Trinajstić information content (AvgIpc) is 2.78. The summed E-state index contributed by atoms with van der Waals surface area (Å²) >= 11 is 1.18. The van der Waals surface area contributed by atoms with E-state index in [1.807, 2.05) is 12.1 Å². The molecule has 1 amide bonds. The van der Waals surface area contributed by atoms with E-state index in [-0.39, 0.29) is 21.7 Å². The summed E-state index contributed by atoms with van der Waals surface area (Å²) in [6.07, 6.45) is 0.319. The first-order valence-corrected chi connectivity index (χ1v) is 7.52. The molecule has 1 fully saturated rings. The molecule has 2 aromatic rings. The van der Waals surface area contributed by atoms with Crippen LogP contribution in [0.3, 0.4) is 0 Å². The topological polar surface area (TPSA) is 70.2 Å². The van der Waals surface area contributed by atoms with Crippen molar-refractivity contribution >= 4 is 39.5 Å². The van der Waals surface area contributed by atoms with Crippen LogP contribution >= 0.6 is 11.8 Å². The van der Waals surface area contributed by atoms with Gasteiger partial charge < -0.3 is 4.98 Å². The molecule has 6 heteroatoms. The highest BCUT2D eigenvalue weighted by Gasteiger charge is 2.32. The molecule has 1 aromatic carbocycles. The van der Waals surface area contributed by atoms with Gasteiger partial charge >= 0.3 is 0 Å². The Morgan fingerprint density at radius 1 is 1.33 bits per heavy atom. The third-order valence-electron chi connectivity index (χ3n) is 3.44. The number of amides is 1. The number of thioether (sulfide) groups is 1. The van der Waals surface area contributed by atoms with E-state index in [4.69, 9.17) is 0 Å². The smallest absolute Gasteiger partial charge is 0.229 e. The van der Waals surface area contributed by atoms with Crippen LogP contribution in [0.5, 0.6) is 0 Å². The quantitative estimate of drug-likeness (QED) is 0.920. The van der Waals surface area contributed by atoms with Crippen molar-refractivity contribution in [2.45, 2.75) is 18.6 Å². The predicted molar refractivity (Wildman–Crippen MR) is 83.6 cm³/mol. The Morgan fingerprint density at radius 3 is 2.86 bits per heavy atom. The van der Waals surface area contributed by atoms with Crippen molar-refractivity contribution in [1.82, 2.24) is 4.98 Å². The number of benzene rings is 1. The van der Waals surface area contributed by atoms with Crippen LogP contribution in [0.4, 0.5) is 5.82 Å². The first-order valence-electron chi connectivity index (χ1n) is 6.64. The molecule has 0 bridgehead atoms. The Balaban J connectivity index is 1.95. The summed E-state index contributed by atoms with van der Waals surface area (Å²) in [6.45, 7) is 1.94. The van der Waals surface area contributed by atoms with E-state index in [1.165, 1.54) is 24.8 Å². The van der Waals surface area contributed by atoms with Crippen LogP contribution < -0.4 is 10.3 Å². The molecule has 1 aromatic heterocycles. The number of para-hydroxylation sites is 1. The number of nitrogens with zero attached hydrogens (tertiary/aromatic N) is 1. The summed E-state index contributed by atoms with van der Waals surface area (Å²) in [4.78, 5) is 40.0. The molecule has 3 rings (SSSR count). The Labute approximate surface area is 125 Å². The van der Waals surface area contributed by atoms with Gasteiger partial charge in [-0.05, 0) is 12.1 Å². The van der Waals surface area contributed by atoms with Crippen LogP contribution in [0.2, 0.25) is 0 Å². The Hall–Kier alpha value is -2.08. The van der Waals surface area contributed by atoms with E-state index in [0.29, 0.717) is 29.7 Å². The van der Waals surface area contributed by atoms with Crippen molar-refractivity contribution < 1.29 is 9.59 Å². The summed E-state index contributed by atoms with van der Waals surface area (Å²) in [5.41, 5.74) is 0.588. The Kier molecular flexibility index (Phi) is 3.55. The van der Waals surface area contributed by atoms with Crippen LogP contribution in [0, 0.1) is 0 Å². The molecule has 0 saturated carbocycles. The molecular formula is C15H14N2O3S. The maximum atomic E-state index is 12.1. The predicted octanol–water partition coefficient (Wildman–Crippen LogP) is 1.91. The zero-order chi connectivity index (χ0) is 15.0. The van der Waals surface area contributed by atoms with Gasteiger partial charge in [0.1, 0.15) is 5.82 Å². The van der Waals surface area contributed by atoms with Gasteiger partial charge in [0, 0.05) is 36.6 Å². The molecule has 2 heterocycles. The molecule has 1 unspecified atom stereocenters. The summed E-state index contributed by atoms with van der Waals surface area (Å²) < 4.78 is 0. The van der Waals surface area contributed by atoms with Gasteiger partial charge in [0.15, 0.2) is 10.5 Å². The van der Waals surface area contributed by atoms with Gasteiger partial charge in [-0.3, -0.25) is 19.3 Å². The summed E-state index contributed by atoms with van der Waals surface area (Å²) in [6, 6.07) is 8.64. The van der Waals surface area contributed by atoms with Gasteiger partial charge in [0.2, 0.25) is 5.91 Å². The number of carbonyl (C=O) groups excluding carboxylic acids is 2. The largest absolute Gasteiger partial charge is 0.341 e. The minimum Gasteiger partial charge on any atom is -0.341 e. The van der Waals surface area contributed by atoms with Gasteiger partial charge in [-0.1, -0.05) is 23.9 Å². The van der Waals surface area contributed by atoms with Crippen LogP contribution in [0.15, 0.2) is 35.1 Å². The highest BCUT2D eigenvalue weighted by molar-refractivity contribution is 8.14. The minimum atomic E-state index is -0.116. The van der Waals surface area contributed by atoms with Crippen LogP contribution in [-0.4, -0.2) is 27.8 Å². The molecule has 1 aliphatic heterocycles. The molecular weight excluding hydrogens is 288 g/mol. The van der Waals surface area contributed by atoms with Crippen LogP contribution in [0.25, 0.3) is 10.9 Å². The number of H-pyrrole nitrogens is 1. The van der Waals surface area contributed by atoms with Gasteiger partial charge in [-0.2, -0.15) is 0 Å². The normalized spacial score (nSPS) is 18.4. The number of carbonyl (C=O) groups is 2. The van der Waals surface area contributed by atoms with E-state index in [1.54, 1.807) is 17.0 Å². The SMILES string of the molecule is CC(=O)SC1CC(=O)N(c2cc(=O)c3ccccc3[nH]2)C1. The maximum Gasteiger partial charge on any atom is 0.229 e. The zero-order valence-electron chi connectivity index (χ0n) is 11.5. The van der Waals surface area contributed by atoms with Gasteiger partial charge in [0.25, 0.3) is 0 Å². The molecule has 0 aliphatic carbocycles. The van der Waals surface area contributed by atoms with Crippen molar-refractivity contribution in [3.8, 4) is 0 Å². The Morgan fingerprint density at radius 2 is 2.10 bits per heavy atom. The van der Waals surface area contributed by atoms with Crippen molar-refractivity contribution in [1.29, 1.82) is 0 Å². The van der Waals surface area contributed by atoms with Crippen molar-refractivity contribution in [3.05, 3.63) is 40.6 Å². The van der Waals surface area contributed by atoms with E-state index >= 15 is 0 Å². The lowest BCUT2D eigenvalue weighted by atomic mass is 10.2. The highest BCUT2D eigenvalue weighted by Crippen LogP contribution is 2.27. The molecule has 21 heavy (non-hydrogen) atoms. The number of pyridine rings is 1. The van der Waals surface area contributed by atoms with Gasteiger partial charge in [-0.15, -0.1) is 0 Å². The number of hydrogen-bond acceptors (Lipinski definition) is 4. The second-order valence-corrected chi connectivity index (χ2v) is 6.48. The highest BCUT2D eigenvalue weighted by atomic mass is 32.2. The fraction of sp³-hybridized carbons (Fsp3) is 0.267. The average molecular weight is 302 g/mol. The number of aromatic nitrogens is 1. The lowest BCUT2D eigenvalue weighted by Crippen LogP contribution is -2.27.